The van der Waals surface area contributed by atoms with E-state index >= 15 is 0 Å². The zero-order valence-corrected chi connectivity index (χ0v) is 32.3. The van der Waals surface area contributed by atoms with Gasteiger partial charge in [0.25, 0.3) is 0 Å². The highest BCUT2D eigenvalue weighted by atomic mass is 16.7. The summed E-state index contributed by atoms with van der Waals surface area (Å²) in [5.41, 5.74) is -6.57. The molecule has 0 aromatic heterocycles. The van der Waals surface area contributed by atoms with Crippen molar-refractivity contribution in [3.63, 3.8) is 0 Å². The second-order valence-corrected chi connectivity index (χ2v) is 16.5. The Morgan fingerprint density at radius 3 is 2.08 bits per heavy atom. The average Bonchev–Trinajstić information content (AvgIpc) is 3.28. The highest BCUT2D eigenvalue weighted by Crippen LogP contribution is 2.71. The van der Waals surface area contributed by atoms with Crippen LogP contribution < -0.4 is 0 Å². The smallest absolute Gasteiger partial charge is 0.330 e. The molecule has 296 valence electrons. The van der Waals surface area contributed by atoms with E-state index in [2.05, 4.69) is 0 Å². The van der Waals surface area contributed by atoms with Gasteiger partial charge < -0.3 is 43.7 Å². The van der Waals surface area contributed by atoms with E-state index in [0.717, 1.165) is 11.1 Å². The van der Waals surface area contributed by atoms with Gasteiger partial charge in [0.15, 0.2) is 30.4 Å². The minimum Gasteiger partial charge on any atom is -0.458 e. The second kappa shape index (κ2) is 14.5. The van der Waals surface area contributed by atoms with Crippen LogP contribution in [0.1, 0.15) is 107 Å². The number of ketones is 1. The van der Waals surface area contributed by atoms with Crippen molar-refractivity contribution in [3.8, 4) is 0 Å². The molecule has 14 nitrogen and oxygen atoms in total. The van der Waals surface area contributed by atoms with Gasteiger partial charge in [-0.1, -0.05) is 38.0 Å². The highest BCUT2D eigenvalue weighted by molar-refractivity contribution is 5.87. The quantitative estimate of drug-likeness (QED) is 0.134. The van der Waals surface area contributed by atoms with Gasteiger partial charge in [0, 0.05) is 32.8 Å². The Kier molecular flexibility index (Phi) is 11.2. The Labute approximate surface area is 310 Å². The molecule has 5 aliphatic rings. The first-order valence-corrected chi connectivity index (χ1v) is 18.6. The molecule has 14 heteroatoms. The van der Waals surface area contributed by atoms with Gasteiger partial charge in [-0.05, 0) is 77.0 Å². The lowest BCUT2D eigenvalue weighted by atomic mass is 9.42. The maximum Gasteiger partial charge on any atom is 0.330 e. The van der Waals surface area contributed by atoms with Crippen molar-refractivity contribution in [1.82, 2.24) is 0 Å². The summed E-state index contributed by atoms with van der Waals surface area (Å²) in [4.78, 5) is 62.6. The predicted octanol–water partition coefficient (Wildman–Crippen LogP) is 3.16. The van der Waals surface area contributed by atoms with Gasteiger partial charge >= 0.3 is 23.9 Å². The van der Waals surface area contributed by atoms with Gasteiger partial charge in [-0.2, -0.15) is 0 Å². The number of hydrogen-bond acceptors (Lipinski definition) is 14. The number of fused-ring (bicyclic) bond motifs is 5. The molecule has 5 rings (SSSR count). The molecule has 12 atom stereocenters. The number of rotatable bonds is 9. The molecule has 0 unspecified atom stereocenters. The van der Waals surface area contributed by atoms with Crippen LogP contribution in [0.4, 0.5) is 0 Å². The molecular weight excluding hydrogens is 692 g/mol. The molecule has 0 spiro atoms. The number of esters is 4. The van der Waals surface area contributed by atoms with Crippen LogP contribution in [0.15, 0.2) is 23.3 Å². The van der Waals surface area contributed by atoms with Crippen molar-refractivity contribution in [1.29, 1.82) is 0 Å². The Balaban J connectivity index is 1.45. The van der Waals surface area contributed by atoms with Crippen molar-refractivity contribution in [2.24, 2.45) is 22.7 Å². The molecule has 1 saturated heterocycles. The topological polar surface area (TPSA) is 201 Å². The van der Waals surface area contributed by atoms with E-state index in [0.29, 0.717) is 19.3 Å². The van der Waals surface area contributed by atoms with Crippen LogP contribution in [0.2, 0.25) is 0 Å². The molecule has 4 fully saturated rings. The summed E-state index contributed by atoms with van der Waals surface area (Å²) >= 11 is 0. The fourth-order valence-corrected chi connectivity index (χ4v) is 10.0. The molecule has 0 radical (unpaired) electrons. The molecular formula is C39H56O14. The molecule has 3 N–H and O–H groups in total. The molecule has 0 aromatic carbocycles. The first-order valence-electron chi connectivity index (χ1n) is 18.6. The van der Waals surface area contributed by atoms with Gasteiger partial charge in [-0.3, -0.25) is 19.2 Å². The van der Waals surface area contributed by atoms with Crippen LogP contribution >= 0.6 is 0 Å². The van der Waals surface area contributed by atoms with Gasteiger partial charge in [0.05, 0.1) is 18.1 Å². The number of allylic oxidation sites excluding steroid dienone is 1. The summed E-state index contributed by atoms with van der Waals surface area (Å²) in [7, 11) is 0. The van der Waals surface area contributed by atoms with Crippen LogP contribution in [-0.2, 0) is 52.4 Å². The Bertz CT molecular complexity index is 1570. The summed E-state index contributed by atoms with van der Waals surface area (Å²) in [6, 6.07) is 0. The zero-order valence-electron chi connectivity index (χ0n) is 32.3. The van der Waals surface area contributed by atoms with Crippen LogP contribution in [0, 0.1) is 22.7 Å². The number of aliphatic hydroxyl groups is 3. The van der Waals surface area contributed by atoms with Crippen LogP contribution in [-0.4, -0.2) is 105 Å². The van der Waals surface area contributed by atoms with Crippen molar-refractivity contribution in [3.05, 3.63) is 23.3 Å². The van der Waals surface area contributed by atoms with Crippen molar-refractivity contribution in [2.45, 2.75) is 161 Å². The van der Waals surface area contributed by atoms with Crippen LogP contribution in [0.5, 0.6) is 0 Å². The first kappa shape index (κ1) is 41.0. The van der Waals surface area contributed by atoms with Gasteiger partial charge in [0.1, 0.15) is 22.9 Å². The summed E-state index contributed by atoms with van der Waals surface area (Å²) in [5.74, 6) is -3.80. The van der Waals surface area contributed by atoms with Crippen LogP contribution in [0.3, 0.4) is 0 Å². The number of carbonyl (C=O) groups excluding carboxylic acids is 5. The van der Waals surface area contributed by atoms with E-state index in [9.17, 15) is 39.3 Å². The summed E-state index contributed by atoms with van der Waals surface area (Å²) < 4.78 is 34.8. The van der Waals surface area contributed by atoms with Crippen molar-refractivity contribution in [2.75, 3.05) is 6.61 Å². The molecule has 1 heterocycles. The molecule has 4 aliphatic carbocycles. The SMILES string of the molecule is CC(=O)O[C@@H]1[C@@H](O[C@H]2CC[C@@]3(C)C(=CC[C@]4(O)[C@@H]3C[C@@H](OC(=O)/C=C(\C)C(C)C)[C@@]3(C)[C@]4(O)CC[C@@]3(O)C(C)=O)C2)OC[C@@H](OC(C)=O)[C@H]1OC(C)=O. The highest BCUT2D eigenvalue weighted by Gasteiger charge is 2.81. The van der Waals surface area contributed by atoms with Gasteiger partial charge in [-0.15, -0.1) is 0 Å². The lowest BCUT2D eigenvalue weighted by molar-refractivity contribution is -0.316. The van der Waals surface area contributed by atoms with Crippen molar-refractivity contribution < 1.29 is 67.7 Å². The molecule has 0 aromatic rings. The lowest BCUT2D eigenvalue weighted by Gasteiger charge is -2.67. The van der Waals surface area contributed by atoms with E-state index in [1.165, 1.54) is 33.8 Å². The maximum absolute atomic E-state index is 13.4. The van der Waals surface area contributed by atoms with E-state index in [1.54, 1.807) is 6.92 Å². The number of ether oxygens (including phenoxy) is 6. The maximum atomic E-state index is 13.4. The zero-order chi connectivity index (χ0) is 39.5. The second-order valence-electron chi connectivity index (χ2n) is 16.5. The summed E-state index contributed by atoms with van der Waals surface area (Å²) in [6.07, 6.45) is -1.80. The minimum atomic E-state index is -2.06. The van der Waals surface area contributed by atoms with E-state index in [-0.39, 0.29) is 38.2 Å². The third-order valence-electron chi connectivity index (χ3n) is 13.3. The van der Waals surface area contributed by atoms with E-state index < -0.39 is 100 Å². The fraction of sp³-hybridized carbons (Fsp3) is 0.769. The van der Waals surface area contributed by atoms with Crippen molar-refractivity contribution >= 4 is 29.7 Å². The summed E-state index contributed by atoms with van der Waals surface area (Å²) in [5, 5.41) is 37.5. The third-order valence-corrected chi connectivity index (χ3v) is 13.3. The molecule has 53 heavy (non-hydrogen) atoms. The van der Waals surface area contributed by atoms with E-state index in [4.69, 9.17) is 28.4 Å². The standard InChI is InChI=1S/C39H56O14/c1-20(2)21(3)16-31(44)53-30-18-29-35(8)12-11-27(52-34-33(51-25(7)43)32(50-24(6)42)28(19-48-34)49-23(5)41)17-26(35)10-13-38(29,46)39(47)15-14-37(45,22(4)40)36(30,39)9/h10,16,20,27-30,32-34,45-47H,11-15,17-19H2,1-9H3/b21-16+/t27-,28+,29+,30+,32+,33-,34+,35-,36+,37+,38-,39+/m0/s1. The Hall–Kier alpha value is -3.17. The summed E-state index contributed by atoms with van der Waals surface area (Å²) in [6.45, 7) is 13.9. The number of Topliss-reactive ketones (excluding diaryl/α,β-unsaturated/α-hetero) is 1. The fourth-order valence-electron chi connectivity index (χ4n) is 10.0. The molecule has 0 bridgehead atoms. The Morgan fingerprint density at radius 1 is 0.868 bits per heavy atom. The van der Waals surface area contributed by atoms with Gasteiger partial charge in [-0.25, -0.2) is 4.79 Å². The lowest BCUT2D eigenvalue weighted by Crippen LogP contribution is -2.78. The minimum absolute atomic E-state index is 0.0109. The van der Waals surface area contributed by atoms with Gasteiger partial charge in [0.2, 0.25) is 0 Å². The average molecular weight is 749 g/mol. The molecule has 0 amide bonds. The molecule has 1 aliphatic heterocycles. The first-order chi connectivity index (χ1) is 24.5. The number of hydrogen-bond donors (Lipinski definition) is 3. The van der Waals surface area contributed by atoms with Crippen LogP contribution in [0.25, 0.3) is 0 Å². The largest absolute Gasteiger partial charge is 0.458 e. The normalized spacial score (nSPS) is 42.3. The van der Waals surface area contributed by atoms with E-state index in [1.807, 2.05) is 33.8 Å². The molecule has 3 saturated carbocycles. The predicted molar refractivity (Wildman–Crippen MR) is 185 cm³/mol. The third kappa shape index (κ3) is 6.76. The Morgan fingerprint density at radius 2 is 1.49 bits per heavy atom. The monoisotopic (exact) mass is 748 g/mol. The number of carbonyl (C=O) groups is 5.